The van der Waals surface area contributed by atoms with E-state index in [1.54, 1.807) is 0 Å². The minimum Gasteiger partial charge on any atom is -0.370 e. The van der Waals surface area contributed by atoms with Crippen LogP contribution in [0.15, 0.2) is 35.7 Å². The number of rotatable bonds is 4. The van der Waals surface area contributed by atoms with Crippen LogP contribution in [0.25, 0.3) is 0 Å². The van der Waals surface area contributed by atoms with Gasteiger partial charge in [-0.15, -0.1) is 11.3 Å². The molecule has 29 heavy (non-hydrogen) atoms. The number of benzene rings is 1. The maximum Gasteiger partial charge on any atom is 0.261 e. The molecule has 1 atom stereocenters. The number of piperidine rings is 1. The van der Waals surface area contributed by atoms with E-state index in [1.807, 2.05) is 23.3 Å². The monoisotopic (exact) mass is 416 g/mol. The van der Waals surface area contributed by atoms with Crippen LogP contribution < -0.4 is 5.32 Å². The largest absolute Gasteiger partial charge is 0.370 e. The molecule has 1 unspecified atom stereocenters. The number of carbonyl (C=O) groups is 2. The van der Waals surface area contributed by atoms with E-state index >= 15 is 0 Å². The fourth-order valence-electron chi connectivity index (χ4n) is 4.19. The lowest BCUT2D eigenvalue weighted by molar-refractivity contribution is -0.0712. The van der Waals surface area contributed by atoms with Gasteiger partial charge in [0.25, 0.3) is 11.8 Å². The summed E-state index contributed by atoms with van der Waals surface area (Å²) >= 11 is 1.45. The smallest absolute Gasteiger partial charge is 0.261 e. The molecule has 2 aliphatic heterocycles. The van der Waals surface area contributed by atoms with Crippen LogP contribution >= 0.6 is 11.3 Å². The predicted molar refractivity (Wildman–Crippen MR) is 110 cm³/mol. The molecule has 154 valence electrons. The maximum absolute atomic E-state index is 13.1. The lowest BCUT2D eigenvalue weighted by Gasteiger charge is -2.39. The second-order valence-corrected chi connectivity index (χ2v) is 8.82. The second kappa shape index (κ2) is 8.24. The number of halogens is 1. The third-order valence-corrected chi connectivity index (χ3v) is 6.97. The molecule has 7 heteroatoms. The predicted octanol–water partition coefficient (Wildman–Crippen LogP) is 3.78. The van der Waals surface area contributed by atoms with E-state index < -0.39 is 0 Å². The van der Waals surface area contributed by atoms with Crippen LogP contribution in [0.2, 0.25) is 0 Å². The van der Waals surface area contributed by atoms with Crippen molar-refractivity contribution in [3.63, 3.8) is 0 Å². The fourth-order valence-corrected chi connectivity index (χ4v) is 5.03. The molecule has 2 fully saturated rings. The molecule has 1 N–H and O–H groups in total. The van der Waals surface area contributed by atoms with Crippen LogP contribution in [-0.4, -0.2) is 48.1 Å². The van der Waals surface area contributed by atoms with Crippen molar-refractivity contribution >= 4 is 23.2 Å². The Kier molecular flexibility index (Phi) is 5.69. The number of hydrogen-bond donors (Lipinski definition) is 1. The summed E-state index contributed by atoms with van der Waals surface area (Å²) in [5.41, 5.74) is 1.31. The van der Waals surface area contributed by atoms with Gasteiger partial charge in [-0.1, -0.05) is 0 Å². The second-order valence-electron chi connectivity index (χ2n) is 7.90. The first kappa shape index (κ1) is 20.0. The summed E-state index contributed by atoms with van der Waals surface area (Å²) in [6, 6.07) is 7.64. The van der Waals surface area contributed by atoms with Crippen molar-refractivity contribution in [2.45, 2.75) is 44.3 Å². The normalized spacial score (nSPS) is 20.8. The molecule has 2 amide bonds. The van der Waals surface area contributed by atoms with Crippen LogP contribution in [-0.2, 0) is 4.74 Å². The van der Waals surface area contributed by atoms with Crippen molar-refractivity contribution in [3.05, 3.63) is 57.5 Å². The van der Waals surface area contributed by atoms with Crippen LogP contribution in [0.3, 0.4) is 0 Å². The number of carbonyl (C=O) groups excluding carboxylic acids is 2. The van der Waals surface area contributed by atoms with Crippen LogP contribution in [0.4, 0.5) is 4.39 Å². The summed E-state index contributed by atoms with van der Waals surface area (Å²) < 4.78 is 19.4. The summed E-state index contributed by atoms with van der Waals surface area (Å²) in [6.45, 7) is 3.71. The SMILES string of the molecule is Cc1ccsc1C(=O)NCC1CCC2(CCN(C(=O)c3ccc(F)cc3)CC2)O1. The van der Waals surface area contributed by atoms with E-state index in [2.05, 4.69) is 5.32 Å². The zero-order valence-electron chi connectivity index (χ0n) is 16.4. The number of hydrogen-bond acceptors (Lipinski definition) is 4. The van der Waals surface area contributed by atoms with Gasteiger partial charge in [-0.05, 0) is 73.9 Å². The number of aryl methyl sites for hydroxylation is 1. The molecule has 1 aromatic carbocycles. The first-order valence-electron chi connectivity index (χ1n) is 10.0. The molecule has 1 spiro atoms. The number of amides is 2. The third kappa shape index (κ3) is 4.36. The van der Waals surface area contributed by atoms with Crippen LogP contribution in [0, 0.1) is 12.7 Å². The first-order chi connectivity index (χ1) is 14.0. The molecular weight excluding hydrogens is 391 g/mol. The molecule has 3 heterocycles. The number of nitrogens with one attached hydrogen (secondary N) is 1. The Morgan fingerprint density at radius 3 is 2.59 bits per heavy atom. The minimum absolute atomic E-state index is 0.0126. The lowest BCUT2D eigenvalue weighted by atomic mass is 9.88. The van der Waals surface area contributed by atoms with Crippen LogP contribution in [0.5, 0.6) is 0 Å². The van der Waals surface area contributed by atoms with Gasteiger partial charge in [0, 0.05) is 25.2 Å². The molecule has 0 radical (unpaired) electrons. The summed E-state index contributed by atoms with van der Waals surface area (Å²) in [5.74, 6) is -0.444. The van der Waals surface area contributed by atoms with Crippen molar-refractivity contribution in [1.82, 2.24) is 10.2 Å². The average molecular weight is 417 g/mol. The molecule has 2 aliphatic rings. The number of thiophene rings is 1. The molecule has 0 saturated carbocycles. The van der Waals surface area contributed by atoms with Gasteiger partial charge < -0.3 is 15.0 Å². The Morgan fingerprint density at radius 2 is 1.93 bits per heavy atom. The van der Waals surface area contributed by atoms with E-state index in [4.69, 9.17) is 4.74 Å². The first-order valence-corrected chi connectivity index (χ1v) is 10.9. The molecule has 2 aromatic rings. The zero-order valence-corrected chi connectivity index (χ0v) is 17.3. The highest BCUT2D eigenvalue weighted by Gasteiger charge is 2.43. The highest BCUT2D eigenvalue weighted by Crippen LogP contribution is 2.39. The van der Waals surface area contributed by atoms with E-state index in [-0.39, 0.29) is 29.3 Å². The number of nitrogens with zero attached hydrogens (tertiary/aromatic N) is 1. The van der Waals surface area contributed by atoms with Gasteiger partial charge in [-0.2, -0.15) is 0 Å². The van der Waals surface area contributed by atoms with Crippen LogP contribution in [0.1, 0.15) is 51.3 Å². The van der Waals surface area contributed by atoms with Crippen molar-refractivity contribution in [2.75, 3.05) is 19.6 Å². The Morgan fingerprint density at radius 1 is 1.21 bits per heavy atom. The molecule has 4 rings (SSSR count). The lowest BCUT2D eigenvalue weighted by Crippen LogP contribution is -2.47. The molecule has 5 nitrogen and oxygen atoms in total. The number of ether oxygens (including phenoxy) is 1. The molecule has 0 bridgehead atoms. The Hall–Kier alpha value is -2.25. The van der Waals surface area contributed by atoms with E-state index in [9.17, 15) is 14.0 Å². The quantitative estimate of drug-likeness (QED) is 0.825. The third-order valence-electron chi connectivity index (χ3n) is 5.95. The van der Waals surface area contributed by atoms with Gasteiger partial charge in [0.1, 0.15) is 5.82 Å². The van der Waals surface area contributed by atoms with E-state index in [0.29, 0.717) is 25.2 Å². The minimum atomic E-state index is -0.342. The standard InChI is InChI=1S/C22H25FN2O3S/c1-15-7-13-29-19(15)20(26)24-14-18-6-8-22(28-18)9-11-25(12-10-22)21(27)16-2-4-17(23)5-3-16/h2-5,7,13,18H,6,8-12,14H2,1H3,(H,24,26). The van der Waals surface area contributed by atoms with Crippen molar-refractivity contribution in [1.29, 1.82) is 0 Å². The summed E-state index contributed by atoms with van der Waals surface area (Å²) in [7, 11) is 0. The highest BCUT2D eigenvalue weighted by atomic mass is 32.1. The van der Waals surface area contributed by atoms with E-state index in [1.165, 1.54) is 35.6 Å². The van der Waals surface area contributed by atoms with Gasteiger partial charge >= 0.3 is 0 Å². The summed E-state index contributed by atoms with van der Waals surface area (Å²) in [5, 5.41) is 4.92. The summed E-state index contributed by atoms with van der Waals surface area (Å²) in [6.07, 6.45) is 3.45. The molecule has 1 aromatic heterocycles. The summed E-state index contributed by atoms with van der Waals surface area (Å²) in [4.78, 5) is 27.5. The van der Waals surface area contributed by atoms with E-state index in [0.717, 1.165) is 36.1 Å². The number of likely N-dealkylation sites (tertiary alicyclic amines) is 1. The molecular formula is C22H25FN2O3S. The average Bonchev–Trinajstić information content (AvgIpc) is 3.33. The Bertz CT molecular complexity index is 888. The van der Waals surface area contributed by atoms with Crippen molar-refractivity contribution in [2.24, 2.45) is 0 Å². The van der Waals surface area contributed by atoms with Gasteiger partial charge in [0.15, 0.2) is 0 Å². The van der Waals surface area contributed by atoms with Gasteiger partial charge in [-0.25, -0.2) is 4.39 Å². The van der Waals surface area contributed by atoms with Gasteiger partial charge in [0.05, 0.1) is 16.6 Å². The zero-order chi connectivity index (χ0) is 20.4. The molecule has 2 saturated heterocycles. The van der Waals surface area contributed by atoms with Crippen molar-refractivity contribution in [3.8, 4) is 0 Å². The van der Waals surface area contributed by atoms with Gasteiger partial charge in [0.2, 0.25) is 0 Å². The highest BCUT2D eigenvalue weighted by molar-refractivity contribution is 7.12. The molecule has 0 aliphatic carbocycles. The maximum atomic E-state index is 13.1. The van der Waals surface area contributed by atoms with Gasteiger partial charge in [-0.3, -0.25) is 9.59 Å². The topological polar surface area (TPSA) is 58.6 Å². The Balaban J connectivity index is 1.27. The fraction of sp³-hybridized carbons (Fsp3) is 0.455. The Labute approximate surface area is 173 Å². The van der Waals surface area contributed by atoms with Crippen molar-refractivity contribution < 1.29 is 18.7 Å².